The molecule has 0 saturated heterocycles. The molecule has 0 bridgehead atoms. The van der Waals surface area contributed by atoms with E-state index in [4.69, 9.17) is 9.47 Å². The highest BCUT2D eigenvalue weighted by atomic mass is 16.5. The molecule has 5 nitrogen and oxygen atoms in total. The van der Waals surface area contributed by atoms with Crippen LogP contribution in [0.1, 0.15) is 32.3 Å². The number of esters is 1. The van der Waals surface area contributed by atoms with Gasteiger partial charge in [0.1, 0.15) is 11.5 Å². The lowest BCUT2D eigenvalue weighted by Crippen LogP contribution is -2.14. The second-order valence-electron chi connectivity index (χ2n) is 4.57. The molecule has 1 N–H and O–H groups in total. The van der Waals surface area contributed by atoms with Crippen molar-refractivity contribution in [2.45, 2.75) is 33.2 Å². The highest BCUT2D eigenvalue weighted by Gasteiger charge is 2.08. The molecule has 118 valence electrons. The largest absolute Gasteiger partial charge is 0.493 e. The Morgan fingerprint density at radius 3 is 2.67 bits per heavy atom. The molecule has 1 rings (SSSR count). The second kappa shape index (κ2) is 10.0. The molecular weight excluding hydrogens is 270 g/mol. The number of carbonyl (C=O) groups is 1. The van der Waals surface area contributed by atoms with Crippen molar-refractivity contribution in [2.24, 2.45) is 0 Å². The van der Waals surface area contributed by atoms with Gasteiger partial charge in [-0.05, 0) is 19.0 Å². The van der Waals surface area contributed by atoms with Crippen LogP contribution in [0.4, 0.5) is 0 Å². The Kier molecular flexibility index (Phi) is 8.28. The Hall–Kier alpha value is -1.75. The second-order valence-corrected chi connectivity index (χ2v) is 4.57. The molecule has 0 amide bonds. The van der Waals surface area contributed by atoms with Gasteiger partial charge in [-0.3, -0.25) is 4.79 Å². The summed E-state index contributed by atoms with van der Waals surface area (Å²) in [5.74, 6) is 1.25. The lowest BCUT2D eigenvalue weighted by molar-refractivity contribution is -0.141. The Bertz CT molecular complexity index is 434. The minimum Gasteiger partial charge on any atom is -0.493 e. The van der Waals surface area contributed by atoms with Crippen molar-refractivity contribution in [1.29, 1.82) is 0 Å². The van der Waals surface area contributed by atoms with Crippen molar-refractivity contribution in [3.05, 3.63) is 23.8 Å². The summed E-state index contributed by atoms with van der Waals surface area (Å²) in [4.78, 5) is 11.1. The van der Waals surface area contributed by atoms with Gasteiger partial charge >= 0.3 is 5.97 Å². The van der Waals surface area contributed by atoms with Crippen LogP contribution in [-0.4, -0.2) is 32.8 Å². The van der Waals surface area contributed by atoms with Gasteiger partial charge in [-0.2, -0.15) is 0 Å². The summed E-state index contributed by atoms with van der Waals surface area (Å²) in [6.07, 6.45) is 1.19. The third kappa shape index (κ3) is 6.49. The van der Waals surface area contributed by atoms with Crippen LogP contribution in [0.5, 0.6) is 11.5 Å². The lowest BCUT2D eigenvalue weighted by Gasteiger charge is -2.14. The number of carbonyl (C=O) groups excluding carboxylic acids is 1. The maximum atomic E-state index is 11.1. The summed E-state index contributed by atoms with van der Waals surface area (Å²) in [7, 11) is 1.37. The van der Waals surface area contributed by atoms with Crippen molar-refractivity contribution < 1.29 is 19.0 Å². The average molecular weight is 295 g/mol. The van der Waals surface area contributed by atoms with Crippen LogP contribution in [0.3, 0.4) is 0 Å². The molecular formula is C16H25NO4. The molecule has 0 spiro atoms. The van der Waals surface area contributed by atoms with Gasteiger partial charge in [0.25, 0.3) is 0 Å². The SMILES string of the molecule is CCCOc1ccc(CNCC)c(OCCC(=O)OC)c1. The summed E-state index contributed by atoms with van der Waals surface area (Å²) in [6.45, 7) is 6.69. The molecule has 0 aliphatic rings. The van der Waals surface area contributed by atoms with Gasteiger partial charge < -0.3 is 19.5 Å². The van der Waals surface area contributed by atoms with Crippen molar-refractivity contribution in [2.75, 3.05) is 26.9 Å². The predicted molar refractivity (Wildman–Crippen MR) is 81.7 cm³/mol. The molecule has 0 heterocycles. The van der Waals surface area contributed by atoms with Crippen LogP contribution in [-0.2, 0) is 16.1 Å². The van der Waals surface area contributed by atoms with Gasteiger partial charge in [0, 0.05) is 18.2 Å². The van der Waals surface area contributed by atoms with Gasteiger partial charge in [0.15, 0.2) is 0 Å². The lowest BCUT2D eigenvalue weighted by atomic mass is 10.2. The van der Waals surface area contributed by atoms with Gasteiger partial charge in [0.05, 0.1) is 26.7 Å². The zero-order valence-electron chi connectivity index (χ0n) is 13.1. The first-order chi connectivity index (χ1) is 10.2. The average Bonchev–Trinajstić information content (AvgIpc) is 2.51. The Morgan fingerprint density at radius 2 is 2.00 bits per heavy atom. The summed E-state index contributed by atoms with van der Waals surface area (Å²) < 4.78 is 15.9. The first-order valence-electron chi connectivity index (χ1n) is 7.37. The molecule has 0 fully saturated rings. The molecule has 0 unspecified atom stereocenters. The smallest absolute Gasteiger partial charge is 0.308 e. The van der Waals surface area contributed by atoms with Gasteiger partial charge in [-0.15, -0.1) is 0 Å². The van der Waals surface area contributed by atoms with Crippen LogP contribution in [0.2, 0.25) is 0 Å². The first kappa shape index (κ1) is 17.3. The van der Waals surface area contributed by atoms with E-state index in [1.165, 1.54) is 7.11 Å². The third-order valence-electron chi connectivity index (χ3n) is 2.87. The number of benzene rings is 1. The number of hydrogen-bond donors (Lipinski definition) is 1. The Morgan fingerprint density at radius 1 is 1.19 bits per heavy atom. The summed E-state index contributed by atoms with van der Waals surface area (Å²) in [5, 5.41) is 3.27. The fourth-order valence-electron chi connectivity index (χ4n) is 1.73. The molecule has 5 heteroatoms. The molecule has 0 saturated carbocycles. The van der Waals surface area contributed by atoms with E-state index < -0.39 is 0 Å². The molecule has 0 aliphatic carbocycles. The molecule has 0 atom stereocenters. The van der Waals surface area contributed by atoms with Crippen LogP contribution in [0.15, 0.2) is 18.2 Å². The van der Waals surface area contributed by atoms with Crippen molar-refractivity contribution in [3.8, 4) is 11.5 Å². The van der Waals surface area contributed by atoms with Gasteiger partial charge in [0.2, 0.25) is 0 Å². The highest BCUT2D eigenvalue weighted by molar-refractivity contribution is 5.69. The zero-order chi connectivity index (χ0) is 15.5. The fourth-order valence-corrected chi connectivity index (χ4v) is 1.73. The van der Waals surface area contributed by atoms with Crippen molar-refractivity contribution >= 4 is 5.97 Å². The summed E-state index contributed by atoms with van der Waals surface area (Å²) in [5.41, 5.74) is 1.05. The standard InChI is InChI=1S/C16H25NO4/c1-4-9-20-14-7-6-13(12-17-5-2)15(11-14)21-10-8-16(18)19-3/h6-7,11,17H,4-5,8-10,12H2,1-3H3. The number of hydrogen-bond acceptors (Lipinski definition) is 5. The number of ether oxygens (including phenoxy) is 3. The van der Waals surface area contributed by atoms with Crippen LogP contribution in [0, 0.1) is 0 Å². The monoisotopic (exact) mass is 295 g/mol. The van der Waals surface area contributed by atoms with Crippen molar-refractivity contribution in [3.63, 3.8) is 0 Å². The molecule has 1 aromatic carbocycles. The van der Waals surface area contributed by atoms with E-state index in [2.05, 4.69) is 23.9 Å². The normalized spacial score (nSPS) is 10.2. The van der Waals surface area contributed by atoms with E-state index in [9.17, 15) is 4.79 Å². The van der Waals surface area contributed by atoms with Crippen LogP contribution < -0.4 is 14.8 Å². The molecule has 0 radical (unpaired) electrons. The minimum absolute atomic E-state index is 0.233. The summed E-state index contributed by atoms with van der Waals surface area (Å²) in [6, 6.07) is 5.80. The number of methoxy groups -OCH3 is 1. The van der Waals surface area contributed by atoms with Gasteiger partial charge in [-0.1, -0.05) is 19.9 Å². The summed E-state index contributed by atoms with van der Waals surface area (Å²) >= 11 is 0. The highest BCUT2D eigenvalue weighted by Crippen LogP contribution is 2.25. The molecule has 21 heavy (non-hydrogen) atoms. The molecule has 0 aromatic heterocycles. The number of nitrogens with one attached hydrogen (secondary N) is 1. The van der Waals surface area contributed by atoms with Crippen molar-refractivity contribution in [1.82, 2.24) is 5.32 Å². The van der Waals surface area contributed by atoms with E-state index in [0.29, 0.717) is 13.2 Å². The number of rotatable bonds is 10. The van der Waals surface area contributed by atoms with E-state index in [-0.39, 0.29) is 12.4 Å². The van der Waals surface area contributed by atoms with E-state index in [0.717, 1.165) is 36.6 Å². The van der Waals surface area contributed by atoms with Crippen LogP contribution in [0.25, 0.3) is 0 Å². The predicted octanol–water partition coefficient (Wildman–Crippen LogP) is 2.53. The zero-order valence-corrected chi connectivity index (χ0v) is 13.1. The molecule has 0 aliphatic heterocycles. The van der Waals surface area contributed by atoms with E-state index in [1.54, 1.807) is 0 Å². The Labute approximate surface area is 126 Å². The maximum Gasteiger partial charge on any atom is 0.308 e. The fraction of sp³-hybridized carbons (Fsp3) is 0.562. The maximum absolute atomic E-state index is 11.1. The van der Waals surface area contributed by atoms with Crippen LogP contribution >= 0.6 is 0 Å². The quantitative estimate of drug-likeness (QED) is 0.672. The third-order valence-corrected chi connectivity index (χ3v) is 2.87. The van der Waals surface area contributed by atoms with E-state index >= 15 is 0 Å². The topological polar surface area (TPSA) is 56.8 Å². The first-order valence-corrected chi connectivity index (χ1v) is 7.37. The molecule has 1 aromatic rings. The minimum atomic E-state index is -0.276. The Balaban J connectivity index is 2.70. The van der Waals surface area contributed by atoms with Gasteiger partial charge in [-0.25, -0.2) is 0 Å². The van der Waals surface area contributed by atoms with E-state index in [1.807, 2.05) is 18.2 Å².